The normalized spacial score (nSPS) is 14.6. The number of nitrogens with zero attached hydrogens (tertiary/aromatic N) is 4. The fourth-order valence-electron chi connectivity index (χ4n) is 3.87. The summed E-state index contributed by atoms with van der Waals surface area (Å²) in [4.78, 5) is 12.5. The van der Waals surface area contributed by atoms with Gasteiger partial charge in [-0.05, 0) is 50.1 Å². The third kappa shape index (κ3) is 4.78. The molecular formula is C25H25N5O3S. The van der Waals surface area contributed by atoms with Gasteiger partial charge >= 0.3 is 0 Å². The van der Waals surface area contributed by atoms with Gasteiger partial charge in [0.25, 0.3) is 5.91 Å². The number of hydrogen-bond donors (Lipinski definition) is 1. The first kappa shape index (κ1) is 23.4. The molecule has 2 aromatic carbocycles. The van der Waals surface area contributed by atoms with Crippen LogP contribution in [-0.2, 0) is 14.8 Å². The van der Waals surface area contributed by atoms with Crippen LogP contribution in [0.25, 0.3) is 23.0 Å². The average molecular weight is 476 g/mol. The lowest BCUT2D eigenvalue weighted by atomic mass is 10.1. The van der Waals surface area contributed by atoms with E-state index < -0.39 is 15.9 Å². The highest BCUT2D eigenvalue weighted by atomic mass is 32.2. The molecule has 4 rings (SSSR count). The molecule has 3 aromatic rings. The van der Waals surface area contributed by atoms with Gasteiger partial charge in [-0.25, -0.2) is 13.1 Å². The van der Waals surface area contributed by atoms with Crippen molar-refractivity contribution in [1.82, 2.24) is 19.4 Å². The number of hydrogen-bond acceptors (Lipinski definition) is 5. The van der Waals surface area contributed by atoms with Crippen LogP contribution in [0, 0.1) is 11.3 Å². The number of nitrogens with one attached hydrogen (secondary N) is 1. The molecule has 2 heterocycles. The average Bonchev–Trinajstić information content (AvgIpc) is 3.54. The Hall–Kier alpha value is -3.74. The lowest BCUT2D eigenvalue weighted by Crippen LogP contribution is -2.27. The molecule has 0 spiro atoms. The van der Waals surface area contributed by atoms with Gasteiger partial charge in [0.1, 0.15) is 17.3 Å². The SMILES string of the molecule is CCNC(=O)C(C#N)=Cc1cn(-c2ccccc2)nc1-c1cccc(S(=O)(=O)N2CCCC2)c1. The van der Waals surface area contributed by atoms with E-state index in [0.717, 1.165) is 18.5 Å². The van der Waals surface area contributed by atoms with Gasteiger partial charge in [-0.3, -0.25) is 4.79 Å². The standard InChI is InChI=1S/C25H25N5O3S/c1-2-27-25(31)20(17-26)15-21-18-30(22-10-4-3-5-11-22)28-24(21)19-9-8-12-23(16-19)34(32,33)29-13-6-7-14-29/h3-5,8-12,15-16,18H,2,6-7,13-14H2,1H3,(H,27,31). The summed E-state index contributed by atoms with van der Waals surface area (Å²) in [5.74, 6) is -0.478. The molecule has 9 heteroatoms. The van der Waals surface area contributed by atoms with Gasteiger partial charge in [-0.15, -0.1) is 0 Å². The quantitative estimate of drug-likeness (QED) is 0.416. The van der Waals surface area contributed by atoms with Crippen molar-refractivity contribution in [1.29, 1.82) is 5.26 Å². The Morgan fingerprint density at radius 1 is 1.15 bits per heavy atom. The van der Waals surface area contributed by atoms with Crippen LogP contribution in [0.4, 0.5) is 0 Å². The van der Waals surface area contributed by atoms with Crippen molar-refractivity contribution < 1.29 is 13.2 Å². The van der Waals surface area contributed by atoms with Crippen LogP contribution >= 0.6 is 0 Å². The number of likely N-dealkylation sites (N-methyl/N-ethyl adjacent to an activating group) is 1. The molecular weight excluding hydrogens is 450 g/mol. The van der Waals surface area contributed by atoms with Crippen molar-refractivity contribution in [3.05, 3.63) is 71.9 Å². The second-order valence-corrected chi connectivity index (χ2v) is 9.82. The number of para-hydroxylation sites is 1. The fraction of sp³-hybridized carbons (Fsp3) is 0.240. The Kier molecular flexibility index (Phi) is 6.91. The van der Waals surface area contributed by atoms with E-state index in [0.29, 0.717) is 36.5 Å². The molecule has 0 bridgehead atoms. The van der Waals surface area contributed by atoms with Crippen molar-refractivity contribution in [2.45, 2.75) is 24.7 Å². The highest BCUT2D eigenvalue weighted by Gasteiger charge is 2.27. The maximum Gasteiger partial charge on any atom is 0.261 e. The maximum atomic E-state index is 13.1. The number of amides is 1. The Labute approximate surface area is 199 Å². The summed E-state index contributed by atoms with van der Waals surface area (Å²) in [7, 11) is -3.61. The van der Waals surface area contributed by atoms with E-state index in [4.69, 9.17) is 0 Å². The van der Waals surface area contributed by atoms with Crippen LogP contribution in [0.1, 0.15) is 25.3 Å². The molecule has 1 amide bonds. The molecule has 0 unspecified atom stereocenters. The molecule has 1 aliphatic heterocycles. The lowest BCUT2D eigenvalue weighted by Gasteiger charge is -2.16. The van der Waals surface area contributed by atoms with E-state index in [1.54, 1.807) is 42.1 Å². The summed E-state index contributed by atoms with van der Waals surface area (Å²) in [6.07, 6.45) is 4.91. The molecule has 0 radical (unpaired) electrons. The first-order valence-corrected chi connectivity index (χ1v) is 12.5. The zero-order valence-corrected chi connectivity index (χ0v) is 19.6. The van der Waals surface area contributed by atoms with E-state index in [9.17, 15) is 18.5 Å². The minimum absolute atomic E-state index is 0.0587. The van der Waals surface area contributed by atoms with Crippen LogP contribution in [0.15, 0.2) is 71.3 Å². The molecule has 0 atom stereocenters. The Balaban J connectivity index is 1.83. The number of benzene rings is 2. The number of rotatable bonds is 7. The number of nitriles is 1. The zero-order chi connectivity index (χ0) is 24.1. The number of carbonyl (C=O) groups excluding carboxylic acids is 1. The third-order valence-electron chi connectivity index (χ3n) is 5.58. The molecule has 1 fully saturated rings. The third-order valence-corrected chi connectivity index (χ3v) is 7.47. The van der Waals surface area contributed by atoms with E-state index in [-0.39, 0.29) is 10.5 Å². The van der Waals surface area contributed by atoms with Gasteiger partial charge in [0.2, 0.25) is 10.0 Å². The van der Waals surface area contributed by atoms with Crippen molar-refractivity contribution in [2.75, 3.05) is 19.6 Å². The van der Waals surface area contributed by atoms with Crippen molar-refractivity contribution in [2.24, 2.45) is 0 Å². The predicted molar refractivity (Wildman–Crippen MR) is 129 cm³/mol. The molecule has 0 saturated carbocycles. The van der Waals surface area contributed by atoms with Crippen LogP contribution < -0.4 is 5.32 Å². The zero-order valence-electron chi connectivity index (χ0n) is 18.8. The second kappa shape index (κ2) is 10.0. The number of sulfonamides is 1. The van der Waals surface area contributed by atoms with Gasteiger partial charge in [0, 0.05) is 37.0 Å². The van der Waals surface area contributed by atoms with Gasteiger partial charge in [0.05, 0.1) is 10.6 Å². The molecule has 8 nitrogen and oxygen atoms in total. The number of aromatic nitrogens is 2. The second-order valence-electron chi connectivity index (χ2n) is 7.88. The molecule has 1 aromatic heterocycles. The van der Waals surface area contributed by atoms with Crippen LogP contribution in [-0.4, -0.2) is 48.0 Å². The van der Waals surface area contributed by atoms with E-state index in [1.165, 1.54) is 10.4 Å². The van der Waals surface area contributed by atoms with E-state index in [2.05, 4.69) is 10.4 Å². The summed E-state index contributed by atoms with van der Waals surface area (Å²) < 4.78 is 29.4. The van der Waals surface area contributed by atoms with Crippen LogP contribution in [0.5, 0.6) is 0 Å². The molecule has 0 aliphatic carbocycles. The molecule has 174 valence electrons. The van der Waals surface area contributed by atoms with Gasteiger partial charge in [-0.1, -0.05) is 30.3 Å². The van der Waals surface area contributed by atoms with E-state index >= 15 is 0 Å². The summed E-state index contributed by atoms with van der Waals surface area (Å²) in [5, 5.41) is 16.9. The van der Waals surface area contributed by atoms with Gasteiger partial charge in [0.15, 0.2) is 0 Å². The lowest BCUT2D eigenvalue weighted by molar-refractivity contribution is -0.116. The van der Waals surface area contributed by atoms with Crippen molar-refractivity contribution in [3.63, 3.8) is 0 Å². The minimum atomic E-state index is -3.61. The van der Waals surface area contributed by atoms with Gasteiger partial charge < -0.3 is 5.32 Å². The van der Waals surface area contributed by atoms with Crippen LogP contribution in [0.2, 0.25) is 0 Å². The largest absolute Gasteiger partial charge is 0.352 e. The van der Waals surface area contributed by atoms with Gasteiger partial charge in [-0.2, -0.15) is 14.7 Å². The van der Waals surface area contributed by atoms with Crippen molar-refractivity contribution in [3.8, 4) is 23.0 Å². The maximum absolute atomic E-state index is 13.1. The highest BCUT2D eigenvalue weighted by molar-refractivity contribution is 7.89. The minimum Gasteiger partial charge on any atom is -0.352 e. The van der Waals surface area contributed by atoms with Crippen molar-refractivity contribution >= 4 is 22.0 Å². The number of carbonyl (C=O) groups is 1. The smallest absolute Gasteiger partial charge is 0.261 e. The fourth-order valence-corrected chi connectivity index (χ4v) is 5.44. The molecule has 1 saturated heterocycles. The molecule has 1 aliphatic rings. The molecule has 1 N–H and O–H groups in total. The summed E-state index contributed by atoms with van der Waals surface area (Å²) in [6, 6.07) is 18.0. The molecule has 34 heavy (non-hydrogen) atoms. The first-order valence-electron chi connectivity index (χ1n) is 11.1. The summed E-state index contributed by atoms with van der Waals surface area (Å²) >= 11 is 0. The Morgan fingerprint density at radius 2 is 1.88 bits per heavy atom. The monoisotopic (exact) mass is 475 g/mol. The first-order chi connectivity index (χ1) is 16.4. The topological polar surface area (TPSA) is 108 Å². The highest BCUT2D eigenvalue weighted by Crippen LogP contribution is 2.29. The summed E-state index contributed by atoms with van der Waals surface area (Å²) in [6.45, 7) is 3.20. The summed E-state index contributed by atoms with van der Waals surface area (Å²) in [5.41, 5.74) is 2.31. The predicted octanol–water partition coefficient (Wildman–Crippen LogP) is 3.37. The van der Waals surface area contributed by atoms with E-state index in [1.807, 2.05) is 36.4 Å². The van der Waals surface area contributed by atoms with Crippen LogP contribution in [0.3, 0.4) is 0 Å². The Morgan fingerprint density at radius 3 is 2.56 bits per heavy atom. The Bertz CT molecular complexity index is 1370.